The molecule has 0 bridgehead atoms. The minimum Gasteiger partial charge on any atom is -0.504 e. The van der Waals surface area contributed by atoms with Gasteiger partial charge in [0.05, 0.1) is 5.02 Å². The summed E-state index contributed by atoms with van der Waals surface area (Å²) in [7, 11) is 0. The third kappa shape index (κ3) is 1.44. The number of phenolic OH excluding ortho intramolecular Hbond substituents is 2. The second-order valence-electron chi connectivity index (χ2n) is 4.36. The van der Waals surface area contributed by atoms with Crippen LogP contribution in [0.4, 0.5) is 4.39 Å². The van der Waals surface area contributed by atoms with Crippen molar-refractivity contribution in [2.24, 2.45) is 5.73 Å². The molecule has 0 aromatic heterocycles. The number of aromatic hydroxyl groups is 2. The predicted molar refractivity (Wildman–Crippen MR) is 59.3 cm³/mol. The molecule has 0 saturated heterocycles. The van der Waals surface area contributed by atoms with Gasteiger partial charge in [0, 0.05) is 23.1 Å². The lowest BCUT2D eigenvalue weighted by Gasteiger charge is -2.22. The van der Waals surface area contributed by atoms with Gasteiger partial charge in [0.25, 0.3) is 0 Å². The van der Waals surface area contributed by atoms with Gasteiger partial charge in [0.15, 0.2) is 11.5 Å². The second-order valence-corrected chi connectivity index (χ2v) is 4.77. The van der Waals surface area contributed by atoms with E-state index in [9.17, 15) is 14.6 Å². The van der Waals surface area contributed by atoms with Crippen LogP contribution in [0.15, 0.2) is 6.07 Å². The SMILES string of the molecule is CC(N)C1(c2c(O)c(O)cc(Cl)c2F)CC1. The van der Waals surface area contributed by atoms with Crippen LogP contribution in [0.3, 0.4) is 0 Å². The van der Waals surface area contributed by atoms with Gasteiger partial charge in [-0.15, -0.1) is 0 Å². The van der Waals surface area contributed by atoms with E-state index >= 15 is 0 Å². The van der Waals surface area contributed by atoms with Crippen LogP contribution in [0.2, 0.25) is 5.02 Å². The van der Waals surface area contributed by atoms with E-state index < -0.39 is 22.7 Å². The molecule has 0 radical (unpaired) electrons. The molecule has 0 aliphatic heterocycles. The van der Waals surface area contributed by atoms with E-state index in [2.05, 4.69) is 0 Å². The molecule has 2 rings (SSSR count). The van der Waals surface area contributed by atoms with Crippen molar-refractivity contribution in [3.8, 4) is 11.5 Å². The highest BCUT2D eigenvalue weighted by atomic mass is 35.5. The first-order valence-electron chi connectivity index (χ1n) is 5.06. The number of nitrogens with two attached hydrogens (primary N) is 1. The maximum atomic E-state index is 13.9. The number of benzene rings is 1. The molecule has 0 spiro atoms. The van der Waals surface area contributed by atoms with Gasteiger partial charge in [0.1, 0.15) is 5.82 Å². The zero-order chi connectivity index (χ0) is 12.1. The van der Waals surface area contributed by atoms with Gasteiger partial charge in [-0.3, -0.25) is 0 Å². The second kappa shape index (κ2) is 3.50. The Labute approximate surface area is 97.6 Å². The molecule has 3 nitrogen and oxygen atoms in total. The van der Waals surface area contributed by atoms with Crippen LogP contribution < -0.4 is 5.73 Å². The first kappa shape index (κ1) is 11.5. The van der Waals surface area contributed by atoms with E-state index in [0.717, 1.165) is 6.07 Å². The number of hydrogen-bond donors (Lipinski definition) is 3. The fraction of sp³-hybridized carbons (Fsp3) is 0.455. The standard InChI is InChI=1S/C11H13ClFNO2/c1-5(14)11(2-3-11)8-9(13)6(12)4-7(15)10(8)16/h4-5,15-16H,2-3,14H2,1H3. The Balaban J connectivity index is 2.65. The summed E-state index contributed by atoms with van der Waals surface area (Å²) in [6.45, 7) is 1.75. The minimum atomic E-state index is -0.688. The molecule has 88 valence electrons. The summed E-state index contributed by atoms with van der Waals surface area (Å²) in [4.78, 5) is 0. The van der Waals surface area contributed by atoms with Gasteiger partial charge in [0.2, 0.25) is 0 Å². The molecule has 16 heavy (non-hydrogen) atoms. The van der Waals surface area contributed by atoms with Crippen molar-refractivity contribution in [3.05, 3.63) is 22.5 Å². The highest BCUT2D eigenvalue weighted by Gasteiger charge is 2.51. The molecule has 1 atom stereocenters. The van der Waals surface area contributed by atoms with Crippen molar-refractivity contribution in [1.82, 2.24) is 0 Å². The topological polar surface area (TPSA) is 66.5 Å². The van der Waals surface area contributed by atoms with Crippen LogP contribution >= 0.6 is 11.6 Å². The van der Waals surface area contributed by atoms with Gasteiger partial charge in [-0.05, 0) is 19.8 Å². The Bertz CT molecular complexity index is 418. The summed E-state index contributed by atoms with van der Waals surface area (Å²) >= 11 is 5.64. The van der Waals surface area contributed by atoms with Gasteiger partial charge < -0.3 is 15.9 Å². The zero-order valence-electron chi connectivity index (χ0n) is 8.80. The molecule has 1 aliphatic rings. The Hall–Kier alpha value is -1.00. The Morgan fingerprint density at radius 3 is 2.50 bits per heavy atom. The van der Waals surface area contributed by atoms with E-state index in [1.165, 1.54) is 0 Å². The van der Waals surface area contributed by atoms with Crippen LogP contribution in [0.1, 0.15) is 25.3 Å². The molecule has 1 aliphatic carbocycles. The molecule has 0 amide bonds. The maximum absolute atomic E-state index is 13.9. The lowest BCUT2D eigenvalue weighted by molar-refractivity contribution is 0.381. The molecule has 1 aromatic rings. The fourth-order valence-electron chi connectivity index (χ4n) is 2.13. The average Bonchev–Trinajstić information content (AvgIpc) is 2.97. The third-order valence-electron chi connectivity index (χ3n) is 3.33. The molecule has 1 fully saturated rings. The maximum Gasteiger partial charge on any atom is 0.164 e. The number of hydrogen-bond acceptors (Lipinski definition) is 3. The molecular weight excluding hydrogens is 233 g/mol. The lowest BCUT2D eigenvalue weighted by atomic mass is 9.88. The van der Waals surface area contributed by atoms with Crippen molar-refractivity contribution < 1.29 is 14.6 Å². The van der Waals surface area contributed by atoms with Crippen molar-refractivity contribution in [3.63, 3.8) is 0 Å². The molecule has 1 aromatic carbocycles. The normalized spacial score (nSPS) is 19.5. The summed E-state index contributed by atoms with van der Waals surface area (Å²) in [5.74, 6) is -1.54. The summed E-state index contributed by atoms with van der Waals surface area (Å²) in [6.07, 6.45) is 1.38. The van der Waals surface area contributed by atoms with Crippen molar-refractivity contribution >= 4 is 11.6 Å². The van der Waals surface area contributed by atoms with Crippen LogP contribution in [-0.2, 0) is 5.41 Å². The summed E-state index contributed by atoms with van der Waals surface area (Å²) in [6, 6.07) is 0.693. The first-order chi connectivity index (χ1) is 7.40. The summed E-state index contributed by atoms with van der Waals surface area (Å²) < 4.78 is 13.9. The van der Waals surface area contributed by atoms with E-state index in [0.29, 0.717) is 12.8 Å². The molecular formula is C11H13ClFNO2. The number of rotatable bonds is 2. The Morgan fingerprint density at radius 1 is 1.50 bits per heavy atom. The van der Waals surface area contributed by atoms with E-state index in [1.54, 1.807) is 6.92 Å². The smallest absolute Gasteiger partial charge is 0.164 e. The predicted octanol–water partition coefficient (Wildman–Crippen LogP) is 2.27. The van der Waals surface area contributed by atoms with Crippen molar-refractivity contribution in [2.75, 3.05) is 0 Å². The van der Waals surface area contributed by atoms with Crippen LogP contribution in [0.5, 0.6) is 11.5 Å². The van der Waals surface area contributed by atoms with Gasteiger partial charge in [-0.2, -0.15) is 0 Å². The monoisotopic (exact) mass is 245 g/mol. The van der Waals surface area contributed by atoms with Gasteiger partial charge in [-0.1, -0.05) is 11.6 Å². The quantitative estimate of drug-likeness (QED) is 0.701. The zero-order valence-corrected chi connectivity index (χ0v) is 9.55. The summed E-state index contributed by atoms with van der Waals surface area (Å²) in [5, 5.41) is 19.0. The van der Waals surface area contributed by atoms with E-state index in [4.69, 9.17) is 17.3 Å². The third-order valence-corrected chi connectivity index (χ3v) is 3.61. The van der Waals surface area contributed by atoms with Crippen LogP contribution in [0, 0.1) is 5.82 Å². The molecule has 5 heteroatoms. The van der Waals surface area contributed by atoms with Crippen LogP contribution in [-0.4, -0.2) is 16.3 Å². The van der Waals surface area contributed by atoms with Gasteiger partial charge in [-0.25, -0.2) is 4.39 Å². The van der Waals surface area contributed by atoms with Crippen molar-refractivity contribution in [2.45, 2.75) is 31.2 Å². The average molecular weight is 246 g/mol. The van der Waals surface area contributed by atoms with Crippen LogP contribution in [0.25, 0.3) is 0 Å². The van der Waals surface area contributed by atoms with Gasteiger partial charge >= 0.3 is 0 Å². The Kier molecular flexibility index (Phi) is 2.51. The first-order valence-corrected chi connectivity index (χ1v) is 5.44. The molecule has 1 unspecified atom stereocenters. The number of halogens is 2. The van der Waals surface area contributed by atoms with E-state index in [1.807, 2.05) is 0 Å². The molecule has 0 heterocycles. The fourth-order valence-corrected chi connectivity index (χ4v) is 2.32. The minimum absolute atomic E-state index is 0.0486. The molecule has 4 N–H and O–H groups in total. The lowest BCUT2D eigenvalue weighted by Crippen LogP contribution is -2.32. The van der Waals surface area contributed by atoms with E-state index in [-0.39, 0.29) is 16.6 Å². The largest absolute Gasteiger partial charge is 0.504 e. The summed E-state index contributed by atoms with van der Waals surface area (Å²) in [5.41, 5.74) is 5.26. The number of phenols is 2. The highest BCUT2D eigenvalue weighted by Crippen LogP contribution is 2.56. The Morgan fingerprint density at radius 2 is 2.06 bits per heavy atom. The molecule has 1 saturated carbocycles. The highest BCUT2D eigenvalue weighted by molar-refractivity contribution is 6.31. The van der Waals surface area contributed by atoms with Crippen molar-refractivity contribution in [1.29, 1.82) is 0 Å².